The molecule has 0 aliphatic carbocycles. The van der Waals surface area contributed by atoms with Crippen LogP contribution in [0.15, 0.2) is 176 Å². The molecule has 10 rings (SSSR count). The first-order chi connectivity index (χ1) is 26.0. The van der Waals surface area contributed by atoms with E-state index in [1.807, 2.05) is 0 Å². The number of para-hydroxylation sites is 1. The van der Waals surface area contributed by atoms with Gasteiger partial charge >= 0.3 is 0 Å². The molecule has 0 spiro atoms. The van der Waals surface area contributed by atoms with Crippen molar-refractivity contribution in [3.8, 4) is 0 Å². The molecule has 2 heterocycles. The van der Waals surface area contributed by atoms with Crippen molar-refractivity contribution in [1.82, 2.24) is 0 Å². The maximum atomic E-state index is 2.49. The monoisotopic (exact) mass is 679 g/mol. The Balaban J connectivity index is 1.24. The van der Waals surface area contributed by atoms with Gasteiger partial charge in [0.2, 0.25) is 0 Å². The molecule has 0 unspecified atom stereocenters. The highest BCUT2D eigenvalue weighted by Gasteiger charge is 2.43. The third-order valence-corrected chi connectivity index (χ3v) is 11.0. The van der Waals surface area contributed by atoms with Gasteiger partial charge in [-0.2, -0.15) is 0 Å². The van der Waals surface area contributed by atoms with Crippen molar-refractivity contribution in [2.75, 3.05) is 14.7 Å². The molecular formula is C49H38BN3. The van der Waals surface area contributed by atoms with Crippen molar-refractivity contribution < 1.29 is 0 Å². The Bertz CT molecular complexity index is 2670. The average Bonchev–Trinajstić information content (AvgIpc) is 3.19. The van der Waals surface area contributed by atoms with E-state index >= 15 is 0 Å². The molecule has 0 radical (unpaired) electrons. The van der Waals surface area contributed by atoms with Gasteiger partial charge in [-0.25, -0.2) is 0 Å². The molecule has 0 fully saturated rings. The summed E-state index contributed by atoms with van der Waals surface area (Å²) in [5.41, 5.74) is 18.3. The second-order valence-corrected chi connectivity index (χ2v) is 14.5. The maximum absolute atomic E-state index is 2.49. The largest absolute Gasteiger partial charge is 0.311 e. The predicted molar refractivity (Wildman–Crippen MR) is 227 cm³/mol. The summed E-state index contributed by atoms with van der Waals surface area (Å²) in [6, 6.07) is 65.0. The molecule has 4 heteroatoms. The van der Waals surface area contributed by atoms with Crippen LogP contribution in [0.5, 0.6) is 0 Å². The molecule has 3 nitrogen and oxygen atoms in total. The van der Waals surface area contributed by atoms with Crippen LogP contribution in [0.4, 0.5) is 51.2 Å². The lowest BCUT2D eigenvalue weighted by atomic mass is 9.33. The molecule has 2 aliphatic rings. The van der Waals surface area contributed by atoms with E-state index in [0.29, 0.717) is 0 Å². The van der Waals surface area contributed by atoms with E-state index in [-0.39, 0.29) is 6.71 Å². The average molecular weight is 680 g/mol. The SMILES string of the molecule is Cc1ccc(N2c3ccc(C)cc3B3c4ccc(N(c5ccccc5)c5ccc6ccccc6c5)cc4N(c4ccc(C)cc4)c4cccc2c43)cc1. The molecule has 0 N–H and O–H groups in total. The van der Waals surface area contributed by atoms with Crippen LogP contribution in [0.3, 0.4) is 0 Å². The Labute approximate surface area is 312 Å². The molecule has 0 saturated carbocycles. The van der Waals surface area contributed by atoms with Gasteiger partial charge in [0, 0.05) is 51.2 Å². The van der Waals surface area contributed by atoms with Crippen molar-refractivity contribution in [3.05, 3.63) is 193 Å². The maximum Gasteiger partial charge on any atom is 0.252 e. The highest BCUT2D eigenvalue weighted by Crippen LogP contribution is 2.46. The summed E-state index contributed by atoms with van der Waals surface area (Å²) in [6.07, 6.45) is 0. The molecule has 0 amide bonds. The Kier molecular flexibility index (Phi) is 7.26. The minimum Gasteiger partial charge on any atom is -0.311 e. The molecule has 8 aromatic rings. The van der Waals surface area contributed by atoms with Crippen LogP contribution in [-0.2, 0) is 0 Å². The zero-order valence-corrected chi connectivity index (χ0v) is 30.2. The molecule has 8 aromatic carbocycles. The van der Waals surface area contributed by atoms with Crippen molar-refractivity contribution in [2.24, 2.45) is 0 Å². The fourth-order valence-electron chi connectivity index (χ4n) is 8.47. The molecule has 53 heavy (non-hydrogen) atoms. The van der Waals surface area contributed by atoms with Crippen LogP contribution in [0.25, 0.3) is 10.8 Å². The standard InChI is InChI=1S/C49H38BN3/c1-33-16-22-39(23-17-33)52-45-29-20-35(3)30-44(45)50-43-28-27-42(51(38-12-5-4-6-13-38)41-26-21-36-10-7-8-11-37(36)31-41)32-48(43)53(40-24-18-34(2)19-25-40)47-15-9-14-46(52)49(47)50/h4-32H,1-3H3. The molecular weight excluding hydrogens is 641 g/mol. The first-order valence-corrected chi connectivity index (χ1v) is 18.5. The second kappa shape index (κ2) is 12.3. The fraction of sp³-hybridized carbons (Fsp3) is 0.0612. The first-order valence-electron chi connectivity index (χ1n) is 18.5. The molecule has 0 saturated heterocycles. The van der Waals surface area contributed by atoms with E-state index in [1.165, 1.54) is 72.3 Å². The van der Waals surface area contributed by atoms with Crippen LogP contribution < -0.4 is 31.1 Å². The number of hydrogen-bond donors (Lipinski definition) is 0. The van der Waals surface area contributed by atoms with Crippen molar-refractivity contribution in [2.45, 2.75) is 20.8 Å². The van der Waals surface area contributed by atoms with Gasteiger partial charge in [-0.05, 0) is 127 Å². The van der Waals surface area contributed by atoms with E-state index in [4.69, 9.17) is 0 Å². The van der Waals surface area contributed by atoms with Crippen LogP contribution >= 0.6 is 0 Å². The van der Waals surface area contributed by atoms with E-state index in [0.717, 1.165) is 22.7 Å². The summed E-state index contributed by atoms with van der Waals surface area (Å²) in [5.74, 6) is 0. The van der Waals surface area contributed by atoms with E-state index < -0.39 is 0 Å². The minimum absolute atomic E-state index is 0.0643. The van der Waals surface area contributed by atoms with Crippen molar-refractivity contribution in [3.63, 3.8) is 0 Å². The number of aryl methyl sites for hydroxylation is 3. The smallest absolute Gasteiger partial charge is 0.252 e. The molecule has 252 valence electrons. The Morgan fingerprint density at radius 3 is 1.66 bits per heavy atom. The predicted octanol–water partition coefficient (Wildman–Crippen LogP) is 11.3. The summed E-state index contributed by atoms with van der Waals surface area (Å²) in [5, 5.41) is 2.46. The normalized spacial score (nSPS) is 12.7. The number of rotatable bonds is 5. The van der Waals surface area contributed by atoms with E-state index in [2.05, 4.69) is 211 Å². The summed E-state index contributed by atoms with van der Waals surface area (Å²) in [7, 11) is 0. The topological polar surface area (TPSA) is 9.72 Å². The zero-order chi connectivity index (χ0) is 35.6. The van der Waals surface area contributed by atoms with Crippen molar-refractivity contribution >= 4 is 85.1 Å². The molecule has 0 bridgehead atoms. The fourth-order valence-corrected chi connectivity index (χ4v) is 8.47. The van der Waals surface area contributed by atoms with Gasteiger partial charge in [0.1, 0.15) is 0 Å². The lowest BCUT2D eigenvalue weighted by Gasteiger charge is -2.44. The highest BCUT2D eigenvalue weighted by atomic mass is 15.2. The van der Waals surface area contributed by atoms with Crippen molar-refractivity contribution in [1.29, 1.82) is 0 Å². The van der Waals surface area contributed by atoms with Crippen LogP contribution in [0.2, 0.25) is 0 Å². The number of nitrogens with zero attached hydrogens (tertiary/aromatic N) is 3. The van der Waals surface area contributed by atoms with Gasteiger partial charge in [-0.15, -0.1) is 0 Å². The van der Waals surface area contributed by atoms with Gasteiger partial charge < -0.3 is 14.7 Å². The van der Waals surface area contributed by atoms with Crippen LogP contribution in [0.1, 0.15) is 16.7 Å². The van der Waals surface area contributed by atoms with E-state index in [9.17, 15) is 0 Å². The number of hydrogen-bond acceptors (Lipinski definition) is 3. The lowest BCUT2D eigenvalue weighted by molar-refractivity contribution is 1.23. The Morgan fingerprint density at radius 2 is 0.962 bits per heavy atom. The minimum atomic E-state index is 0.0643. The van der Waals surface area contributed by atoms with Gasteiger partial charge in [0.25, 0.3) is 6.71 Å². The number of benzene rings is 8. The summed E-state index contributed by atoms with van der Waals surface area (Å²) in [6.45, 7) is 6.59. The Morgan fingerprint density at radius 1 is 0.377 bits per heavy atom. The third-order valence-electron chi connectivity index (χ3n) is 11.0. The quantitative estimate of drug-likeness (QED) is 0.168. The highest BCUT2D eigenvalue weighted by molar-refractivity contribution is 7.00. The van der Waals surface area contributed by atoms with Gasteiger partial charge in [-0.1, -0.05) is 114 Å². The Hall–Kier alpha value is -6.52. The van der Waals surface area contributed by atoms with Crippen LogP contribution in [0, 0.1) is 20.8 Å². The first kappa shape index (κ1) is 31.2. The molecule has 0 aromatic heterocycles. The number of anilines is 9. The number of fused-ring (bicyclic) bond motifs is 5. The summed E-state index contributed by atoms with van der Waals surface area (Å²) in [4.78, 5) is 7.35. The summed E-state index contributed by atoms with van der Waals surface area (Å²) >= 11 is 0. The summed E-state index contributed by atoms with van der Waals surface area (Å²) < 4.78 is 0. The second-order valence-electron chi connectivity index (χ2n) is 14.5. The third kappa shape index (κ3) is 5.13. The zero-order valence-electron chi connectivity index (χ0n) is 30.2. The van der Waals surface area contributed by atoms with Gasteiger partial charge in [-0.3, -0.25) is 0 Å². The molecule has 2 aliphatic heterocycles. The van der Waals surface area contributed by atoms with Crippen LogP contribution in [-0.4, -0.2) is 6.71 Å². The molecule has 0 atom stereocenters. The van der Waals surface area contributed by atoms with Gasteiger partial charge in [0.05, 0.1) is 0 Å². The van der Waals surface area contributed by atoms with E-state index in [1.54, 1.807) is 0 Å². The lowest BCUT2D eigenvalue weighted by Crippen LogP contribution is -2.61. The van der Waals surface area contributed by atoms with Gasteiger partial charge in [0.15, 0.2) is 0 Å².